The lowest BCUT2D eigenvalue weighted by Crippen LogP contribution is -2.46. The second-order valence-corrected chi connectivity index (χ2v) is 6.86. The van der Waals surface area contributed by atoms with E-state index < -0.39 is 0 Å². The number of amides is 1. The fourth-order valence-electron chi connectivity index (χ4n) is 4.06. The van der Waals surface area contributed by atoms with Crippen LogP contribution in [0.2, 0.25) is 0 Å². The molecule has 1 aromatic carbocycles. The van der Waals surface area contributed by atoms with E-state index >= 15 is 0 Å². The Balaban J connectivity index is 1.41. The highest BCUT2D eigenvalue weighted by Gasteiger charge is 2.42. The number of nitrogens with zero attached hydrogens (tertiary/aromatic N) is 1. The molecule has 1 saturated carbocycles. The summed E-state index contributed by atoms with van der Waals surface area (Å²) in [7, 11) is 0. The van der Waals surface area contributed by atoms with Crippen molar-refractivity contribution in [3.05, 3.63) is 41.0 Å². The van der Waals surface area contributed by atoms with E-state index in [1.54, 1.807) is 11.1 Å². The van der Waals surface area contributed by atoms with Crippen molar-refractivity contribution in [3.63, 3.8) is 0 Å². The molecule has 3 nitrogen and oxygen atoms in total. The summed E-state index contributed by atoms with van der Waals surface area (Å²) < 4.78 is 5.76. The molecule has 116 valence electrons. The zero-order valence-corrected chi connectivity index (χ0v) is 13.2. The van der Waals surface area contributed by atoms with Crippen LogP contribution in [0.1, 0.15) is 44.1 Å². The number of benzene rings is 1. The van der Waals surface area contributed by atoms with Crippen molar-refractivity contribution in [1.82, 2.24) is 4.90 Å². The first-order chi connectivity index (χ1) is 10.7. The Morgan fingerprint density at radius 2 is 1.82 bits per heavy atom. The molecule has 2 atom stereocenters. The van der Waals surface area contributed by atoms with E-state index in [9.17, 15) is 4.79 Å². The summed E-state index contributed by atoms with van der Waals surface area (Å²) in [5.41, 5.74) is 4.43. The van der Waals surface area contributed by atoms with Gasteiger partial charge < -0.3 is 9.64 Å². The number of allylic oxidation sites excluding steroid dienone is 1. The van der Waals surface area contributed by atoms with Gasteiger partial charge in [-0.1, -0.05) is 29.3 Å². The lowest BCUT2D eigenvalue weighted by atomic mass is 9.95. The van der Waals surface area contributed by atoms with Crippen LogP contribution in [0.5, 0.6) is 5.75 Å². The Hall–Kier alpha value is -1.77. The quantitative estimate of drug-likeness (QED) is 0.798. The minimum Gasteiger partial charge on any atom is -0.484 e. The van der Waals surface area contributed by atoms with Gasteiger partial charge in [0.05, 0.1) is 0 Å². The average molecular weight is 297 g/mol. The molecule has 3 heteroatoms. The molecule has 1 amide bonds. The molecule has 3 fully saturated rings. The molecule has 2 aliphatic heterocycles. The van der Waals surface area contributed by atoms with Crippen LogP contribution in [0.4, 0.5) is 0 Å². The number of ether oxygens (including phenoxy) is 1. The fraction of sp³-hybridized carbons (Fsp3) is 0.526. The number of piperidine rings is 1. The summed E-state index contributed by atoms with van der Waals surface area (Å²) in [5, 5.41) is 0. The van der Waals surface area contributed by atoms with Crippen LogP contribution in [0.25, 0.3) is 0 Å². The Kier molecular flexibility index (Phi) is 3.44. The molecule has 2 unspecified atom stereocenters. The van der Waals surface area contributed by atoms with Gasteiger partial charge in [0, 0.05) is 12.1 Å². The SMILES string of the molecule is Cc1ccccc1OCC(=O)N1C2CCC1CC(=C1CC1)C2. The zero-order chi connectivity index (χ0) is 15.1. The molecule has 0 radical (unpaired) electrons. The van der Waals surface area contributed by atoms with Crippen LogP contribution in [0.3, 0.4) is 0 Å². The third kappa shape index (κ3) is 2.53. The van der Waals surface area contributed by atoms with Crippen molar-refractivity contribution in [2.24, 2.45) is 0 Å². The molecule has 1 aliphatic carbocycles. The van der Waals surface area contributed by atoms with Crippen LogP contribution >= 0.6 is 0 Å². The average Bonchev–Trinajstić information content (AvgIpc) is 3.32. The number of aryl methyl sites for hydroxylation is 1. The standard InChI is InChI=1S/C19H23NO2/c1-13-4-2-3-5-18(13)22-12-19(21)20-16-8-9-17(20)11-15(10-16)14-6-7-14/h2-5,16-17H,6-12H2,1H3. The highest BCUT2D eigenvalue weighted by atomic mass is 16.5. The highest BCUT2D eigenvalue weighted by molar-refractivity contribution is 5.79. The van der Waals surface area contributed by atoms with Gasteiger partial charge in [-0.05, 0) is 57.1 Å². The predicted octanol–water partition coefficient (Wildman–Crippen LogP) is 3.62. The number of carbonyl (C=O) groups excluding carboxylic acids is 1. The maximum absolute atomic E-state index is 12.6. The van der Waals surface area contributed by atoms with Gasteiger partial charge in [-0.3, -0.25) is 4.79 Å². The number of para-hydroxylation sites is 1. The third-order valence-electron chi connectivity index (χ3n) is 5.32. The first-order valence-electron chi connectivity index (χ1n) is 8.42. The van der Waals surface area contributed by atoms with E-state index in [-0.39, 0.29) is 12.5 Å². The van der Waals surface area contributed by atoms with E-state index in [0.717, 1.165) is 37.0 Å². The molecule has 22 heavy (non-hydrogen) atoms. The van der Waals surface area contributed by atoms with Crippen LogP contribution in [-0.4, -0.2) is 29.5 Å². The number of hydrogen-bond donors (Lipinski definition) is 0. The van der Waals surface area contributed by atoms with Gasteiger partial charge >= 0.3 is 0 Å². The van der Waals surface area contributed by atoms with Gasteiger partial charge in [0.1, 0.15) is 5.75 Å². The molecule has 2 bridgehead atoms. The Morgan fingerprint density at radius 1 is 1.14 bits per heavy atom. The summed E-state index contributed by atoms with van der Waals surface area (Å²) in [5.74, 6) is 0.983. The summed E-state index contributed by atoms with van der Waals surface area (Å²) in [6.45, 7) is 2.18. The van der Waals surface area contributed by atoms with Gasteiger partial charge in [0.2, 0.25) is 0 Å². The molecule has 4 rings (SSSR count). The molecule has 2 saturated heterocycles. The molecule has 0 spiro atoms. The fourth-order valence-corrected chi connectivity index (χ4v) is 4.06. The van der Waals surface area contributed by atoms with Crippen molar-refractivity contribution in [3.8, 4) is 5.75 Å². The van der Waals surface area contributed by atoms with Crippen LogP contribution in [0.15, 0.2) is 35.4 Å². The maximum atomic E-state index is 12.6. The predicted molar refractivity (Wildman–Crippen MR) is 85.8 cm³/mol. The lowest BCUT2D eigenvalue weighted by molar-refractivity contribution is -0.137. The molecule has 2 heterocycles. The molecule has 3 aliphatic rings. The first-order valence-corrected chi connectivity index (χ1v) is 8.42. The van der Waals surface area contributed by atoms with Gasteiger partial charge in [-0.2, -0.15) is 0 Å². The molecule has 1 aromatic rings. The van der Waals surface area contributed by atoms with Crippen molar-refractivity contribution in [1.29, 1.82) is 0 Å². The van der Waals surface area contributed by atoms with Gasteiger partial charge in [-0.25, -0.2) is 0 Å². The van der Waals surface area contributed by atoms with Crippen molar-refractivity contribution in [2.45, 2.75) is 57.5 Å². The number of rotatable bonds is 3. The molecule has 0 aromatic heterocycles. The minimum atomic E-state index is 0.163. The normalized spacial score (nSPS) is 26.3. The summed E-state index contributed by atoms with van der Waals surface area (Å²) >= 11 is 0. The molecular formula is C19H23NO2. The minimum absolute atomic E-state index is 0.163. The Labute approximate surface area is 132 Å². The van der Waals surface area contributed by atoms with Crippen molar-refractivity contribution >= 4 is 5.91 Å². The van der Waals surface area contributed by atoms with E-state index in [0.29, 0.717) is 12.1 Å². The van der Waals surface area contributed by atoms with E-state index in [2.05, 4.69) is 4.90 Å². The molecule has 0 N–H and O–H groups in total. The van der Waals surface area contributed by atoms with Gasteiger partial charge in [0.25, 0.3) is 5.91 Å². The number of fused-ring (bicyclic) bond motifs is 2. The van der Waals surface area contributed by atoms with Gasteiger partial charge in [0.15, 0.2) is 6.61 Å². The van der Waals surface area contributed by atoms with Crippen LogP contribution in [-0.2, 0) is 4.79 Å². The van der Waals surface area contributed by atoms with Crippen LogP contribution < -0.4 is 4.74 Å². The summed E-state index contributed by atoms with van der Waals surface area (Å²) in [6.07, 6.45) is 7.16. The molecular weight excluding hydrogens is 274 g/mol. The first kappa shape index (κ1) is 13.9. The number of hydrogen-bond acceptors (Lipinski definition) is 2. The largest absolute Gasteiger partial charge is 0.484 e. The van der Waals surface area contributed by atoms with E-state index in [1.807, 2.05) is 31.2 Å². The smallest absolute Gasteiger partial charge is 0.261 e. The zero-order valence-electron chi connectivity index (χ0n) is 13.2. The van der Waals surface area contributed by atoms with E-state index in [4.69, 9.17) is 4.74 Å². The van der Waals surface area contributed by atoms with Gasteiger partial charge in [-0.15, -0.1) is 0 Å². The highest BCUT2D eigenvalue weighted by Crippen LogP contribution is 2.44. The number of carbonyl (C=O) groups is 1. The summed E-state index contributed by atoms with van der Waals surface area (Å²) in [4.78, 5) is 14.8. The Bertz CT molecular complexity index is 612. The maximum Gasteiger partial charge on any atom is 0.261 e. The monoisotopic (exact) mass is 297 g/mol. The summed E-state index contributed by atoms with van der Waals surface area (Å²) in [6, 6.07) is 8.74. The third-order valence-corrected chi connectivity index (χ3v) is 5.32. The second kappa shape index (κ2) is 5.45. The van der Waals surface area contributed by atoms with Crippen LogP contribution in [0, 0.1) is 6.92 Å². The second-order valence-electron chi connectivity index (χ2n) is 6.86. The van der Waals surface area contributed by atoms with Crippen molar-refractivity contribution < 1.29 is 9.53 Å². The topological polar surface area (TPSA) is 29.5 Å². The van der Waals surface area contributed by atoms with Crippen molar-refractivity contribution in [2.75, 3.05) is 6.61 Å². The Morgan fingerprint density at radius 3 is 2.45 bits per heavy atom. The van der Waals surface area contributed by atoms with E-state index in [1.165, 1.54) is 12.8 Å². The lowest BCUT2D eigenvalue weighted by Gasteiger charge is -2.36.